The van der Waals surface area contributed by atoms with Crippen LogP contribution in [0, 0.1) is 5.92 Å². The Morgan fingerprint density at radius 1 is 1.21 bits per heavy atom. The Balaban J connectivity index is 1.34. The van der Waals surface area contributed by atoms with Crippen LogP contribution in [-0.4, -0.2) is 42.8 Å². The zero-order valence-electron chi connectivity index (χ0n) is 20.1. The Hall–Kier alpha value is -2.51. The predicted molar refractivity (Wildman–Crippen MR) is 132 cm³/mol. The third kappa shape index (κ3) is 4.82. The lowest BCUT2D eigenvalue weighted by atomic mass is 9.94. The van der Waals surface area contributed by atoms with Gasteiger partial charge in [-0.1, -0.05) is 29.8 Å². The van der Waals surface area contributed by atoms with Crippen molar-refractivity contribution >= 4 is 28.6 Å². The lowest BCUT2D eigenvalue weighted by molar-refractivity contribution is -0.0449. The standard InChI is InChI=1S/C26H33ClN4O3/c1-26(2,3)34-25(32)31-12-6-9-23(31)30-14-11-28-24(30)21-15-18(16-22(27)33-21)17-29-13-10-19-7-4-5-8-20(19)29/h4-5,7-8,10-11,13-14,18,21-23H,6,9,12,15-17H2,1-3H3/t18-,21-,22+,23-/m0/s1. The van der Waals surface area contributed by atoms with Crippen molar-refractivity contribution in [3.8, 4) is 0 Å². The molecule has 3 aromatic rings. The maximum Gasteiger partial charge on any atom is 0.411 e. The monoisotopic (exact) mass is 484 g/mol. The van der Waals surface area contributed by atoms with E-state index in [1.807, 2.05) is 27.0 Å². The van der Waals surface area contributed by atoms with Crippen molar-refractivity contribution in [3.63, 3.8) is 0 Å². The SMILES string of the molecule is CC(C)(C)OC(=O)N1CCC[C@H]1n1ccnc1[C@@H]1C[C@H](Cn2ccc3ccccc32)C[C@H](Cl)O1. The Bertz CT molecular complexity index is 1150. The highest BCUT2D eigenvalue weighted by atomic mass is 35.5. The average molecular weight is 485 g/mol. The molecule has 2 aliphatic rings. The van der Waals surface area contributed by atoms with Gasteiger partial charge in [0, 0.05) is 37.2 Å². The van der Waals surface area contributed by atoms with Gasteiger partial charge in [-0.3, -0.25) is 4.90 Å². The van der Waals surface area contributed by atoms with Gasteiger partial charge in [0.15, 0.2) is 0 Å². The number of rotatable bonds is 4. The second-order valence-electron chi connectivity index (χ2n) is 10.4. The van der Waals surface area contributed by atoms with Crippen molar-refractivity contribution < 1.29 is 14.3 Å². The van der Waals surface area contributed by atoms with E-state index in [0.717, 1.165) is 38.1 Å². The summed E-state index contributed by atoms with van der Waals surface area (Å²) in [5.74, 6) is 1.18. The molecule has 2 aliphatic heterocycles. The minimum Gasteiger partial charge on any atom is -0.444 e. The first-order valence-corrected chi connectivity index (χ1v) is 12.6. The zero-order chi connectivity index (χ0) is 23.9. The van der Waals surface area contributed by atoms with Crippen LogP contribution < -0.4 is 0 Å². The highest BCUT2D eigenvalue weighted by molar-refractivity contribution is 6.19. The molecule has 0 spiro atoms. The Labute approximate surface area is 205 Å². The number of amides is 1. The van der Waals surface area contributed by atoms with Crippen LogP contribution in [0.1, 0.15) is 64.5 Å². The van der Waals surface area contributed by atoms with E-state index in [4.69, 9.17) is 21.1 Å². The average Bonchev–Trinajstić information content (AvgIpc) is 3.51. The van der Waals surface area contributed by atoms with Gasteiger partial charge in [-0.15, -0.1) is 0 Å². The fraction of sp³-hybridized carbons (Fsp3) is 0.538. The smallest absolute Gasteiger partial charge is 0.411 e. The zero-order valence-corrected chi connectivity index (χ0v) is 20.8. The van der Waals surface area contributed by atoms with E-state index in [9.17, 15) is 4.79 Å². The van der Waals surface area contributed by atoms with Gasteiger partial charge < -0.3 is 18.6 Å². The molecule has 2 aromatic heterocycles. The molecule has 0 aliphatic carbocycles. The van der Waals surface area contributed by atoms with E-state index in [-0.39, 0.29) is 23.9 Å². The van der Waals surface area contributed by atoms with Crippen LogP contribution in [0.3, 0.4) is 0 Å². The topological polar surface area (TPSA) is 61.5 Å². The van der Waals surface area contributed by atoms with Crippen molar-refractivity contribution in [2.75, 3.05) is 6.54 Å². The van der Waals surface area contributed by atoms with E-state index in [1.54, 1.807) is 11.1 Å². The number of hydrogen-bond donors (Lipinski definition) is 0. The first-order valence-electron chi connectivity index (χ1n) is 12.1. The normalized spacial score (nSPS) is 25.7. The number of fused-ring (bicyclic) bond motifs is 1. The summed E-state index contributed by atoms with van der Waals surface area (Å²) in [4.78, 5) is 19.3. The van der Waals surface area contributed by atoms with Gasteiger partial charge in [0.05, 0.1) is 0 Å². The molecule has 4 heterocycles. The number of imidazole rings is 1. The van der Waals surface area contributed by atoms with Crippen LogP contribution in [0.4, 0.5) is 4.79 Å². The largest absolute Gasteiger partial charge is 0.444 e. The minimum absolute atomic E-state index is 0.126. The highest BCUT2D eigenvalue weighted by Gasteiger charge is 2.37. The number of para-hydroxylation sites is 1. The summed E-state index contributed by atoms with van der Waals surface area (Å²) in [6, 6.07) is 10.6. The fourth-order valence-electron chi connectivity index (χ4n) is 5.24. The number of carbonyl (C=O) groups is 1. The third-order valence-electron chi connectivity index (χ3n) is 6.67. The number of alkyl halides is 1. The Morgan fingerprint density at radius 2 is 2.03 bits per heavy atom. The number of ether oxygens (including phenoxy) is 2. The van der Waals surface area contributed by atoms with E-state index in [1.165, 1.54) is 10.9 Å². The van der Waals surface area contributed by atoms with Crippen LogP contribution in [0.2, 0.25) is 0 Å². The Morgan fingerprint density at radius 3 is 2.85 bits per heavy atom. The van der Waals surface area contributed by atoms with E-state index >= 15 is 0 Å². The highest BCUT2D eigenvalue weighted by Crippen LogP contribution is 2.39. The van der Waals surface area contributed by atoms with Gasteiger partial charge >= 0.3 is 6.09 Å². The van der Waals surface area contributed by atoms with Gasteiger partial charge in [0.2, 0.25) is 0 Å². The predicted octanol–water partition coefficient (Wildman–Crippen LogP) is 6.10. The lowest BCUT2D eigenvalue weighted by Crippen LogP contribution is -2.39. The molecule has 0 N–H and O–H groups in total. The van der Waals surface area contributed by atoms with Gasteiger partial charge in [-0.25, -0.2) is 9.78 Å². The van der Waals surface area contributed by atoms with E-state index < -0.39 is 5.60 Å². The summed E-state index contributed by atoms with van der Waals surface area (Å²) < 4.78 is 16.2. The molecule has 182 valence electrons. The summed E-state index contributed by atoms with van der Waals surface area (Å²) in [7, 11) is 0. The molecule has 1 amide bonds. The molecule has 0 saturated carbocycles. The summed E-state index contributed by atoms with van der Waals surface area (Å²) in [6.07, 6.45) is 8.65. The lowest BCUT2D eigenvalue weighted by Gasteiger charge is -2.35. The third-order valence-corrected chi connectivity index (χ3v) is 6.95. The van der Waals surface area contributed by atoms with Gasteiger partial charge in [0.25, 0.3) is 0 Å². The van der Waals surface area contributed by atoms with Crippen molar-refractivity contribution in [2.24, 2.45) is 5.92 Å². The number of aromatic nitrogens is 3. The first kappa shape index (κ1) is 23.2. The number of benzene rings is 1. The van der Waals surface area contributed by atoms with E-state index in [0.29, 0.717) is 12.5 Å². The fourth-order valence-corrected chi connectivity index (χ4v) is 5.62. The molecule has 0 bridgehead atoms. The molecular formula is C26H33ClN4O3. The van der Waals surface area contributed by atoms with Crippen LogP contribution in [0.25, 0.3) is 10.9 Å². The molecule has 0 unspecified atom stereocenters. The van der Waals surface area contributed by atoms with Crippen molar-refractivity contribution in [2.45, 2.75) is 76.4 Å². The minimum atomic E-state index is -0.532. The molecule has 4 atom stereocenters. The summed E-state index contributed by atoms with van der Waals surface area (Å²) >= 11 is 6.59. The van der Waals surface area contributed by atoms with Crippen molar-refractivity contribution in [1.82, 2.24) is 19.0 Å². The van der Waals surface area contributed by atoms with Crippen LogP contribution in [0.15, 0.2) is 48.9 Å². The molecular weight excluding hydrogens is 452 g/mol. The molecule has 8 heteroatoms. The number of carbonyl (C=O) groups excluding carboxylic acids is 1. The summed E-state index contributed by atoms with van der Waals surface area (Å²) in [6.45, 7) is 7.23. The van der Waals surface area contributed by atoms with Gasteiger partial charge in [-0.2, -0.15) is 0 Å². The molecule has 2 saturated heterocycles. The quantitative estimate of drug-likeness (QED) is 0.420. The second-order valence-corrected chi connectivity index (χ2v) is 10.9. The molecule has 0 radical (unpaired) electrons. The maximum absolute atomic E-state index is 12.9. The summed E-state index contributed by atoms with van der Waals surface area (Å²) in [5, 5.41) is 1.24. The first-order chi connectivity index (χ1) is 16.3. The van der Waals surface area contributed by atoms with Crippen LogP contribution in [-0.2, 0) is 16.0 Å². The Kier molecular flexibility index (Phi) is 6.34. The number of hydrogen-bond acceptors (Lipinski definition) is 4. The molecule has 1 aromatic carbocycles. The molecule has 7 nitrogen and oxygen atoms in total. The van der Waals surface area contributed by atoms with Crippen LogP contribution in [0.5, 0.6) is 0 Å². The van der Waals surface area contributed by atoms with Crippen LogP contribution >= 0.6 is 11.6 Å². The van der Waals surface area contributed by atoms with Crippen molar-refractivity contribution in [1.29, 1.82) is 0 Å². The van der Waals surface area contributed by atoms with Gasteiger partial charge in [0.1, 0.15) is 29.3 Å². The molecule has 34 heavy (non-hydrogen) atoms. The van der Waals surface area contributed by atoms with Crippen molar-refractivity contribution in [3.05, 3.63) is 54.7 Å². The maximum atomic E-state index is 12.9. The second kappa shape index (κ2) is 9.27. The number of likely N-dealkylation sites (tertiary alicyclic amines) is 1. The molecule has 5 rings (SSSR count). The van der Waals surface area contributed by atoms with E-state index in [2.05, 4.69) is 50.6 Å². The number of halogens is 1. The van der Waals surface area contributed by atoms with Gasteiger partial charge in [-0.05, 0) is 69.9 Å². The number of nitrogens with zero attached hydrogens (tertiary/aromatic N) is 4. The molecule has 2 fully saturated rings. The summed E-state index contributed by atoms with van der Waals surface area (Å²) in [5.41, 5.74) is 0.328.